The number of fused-ring (bicyclic) bond motifs is 4. The summed E-state index contributed by atoms with van der Waals surface area (Å²) in [4.78, 5) is 9.49. The second kappa shape index (κ2) is 8.98. The maximum atomic E-state index is 6.09. The first-order valence-corrected chi connectivity index (χ1v) is 12.4. The topological polar surface area (TPSA) is 117 Å². The van der Waals surface area contributed by atoms with E-state index in [1.54, 1.807) is 22.6 Å². The van der Waals surface area contributed by atoms with E-state index in [4.69, 9.17) is 24.3 Å². The van der Waals surface area contributed by atoms with E-state index in [1.807, 2.05) is 74.9 Å². The van der Waals surface area contributed by atoms with Crippen LogP contribution >= 0.6 is 0 Å². The van der Waals surface area contributed by atoms with Crippen molar-refractivity contribution in [3.8, 4) is 34.6 Å². The van der Waals surface area contributed by atoms with Gasteiger partial charge in [0.15, 0.2) is 23.0 Å². The van der Waals surface area contributed by atoms with E-state index in [2.05, 4.69) is 20.3 Å². The lowest BCUT2D eigenvalue weighted by Gasteiger charge is -2.24. The molecule has 194 valence electrons. The monoisotopic (exact) mass is 520 g/mol. The largest absolute Gasteiger partial charge is 0.493 e. The molecule has 11 nitrogen and oxygen atoms in total. The van der Waals surface area contributed by atoms with Crippen LogP contribution in [0, 0.1) is 6.92 Å². The number of aryl methyl sites for hydroxylation is 2. The number of ether oxygens (including phenoxy) is 3. The third-order valence-corrected chi connectivity index (χ3v) is 6.85. The van der Waals surface area contributed by atoms with Crippen LogP contribution in [0.3, 0.4) is 0 Å². The van der Waals surface area contributed by atoms with Crippen molar-refractivity contribution in [2.75, 3.05) is 7.11 Å². The molecule has 2 aromatic carbocycles. The fourth-order valence-corrected chi connectivity index (χ4v) is 4.96. The van der Waals surface area contributed by atoms with Gasteiger partial charge < -0.3 is 14.2 Å². The van der Waals surface area contributed by atoms with Crippen molar-refractivity contribution in [1.29, 1.82) is 0 Å². The predicted molar refractivity (Wildman–Crippen MR) is 141 cm³/mol. The molecule has 0 spiro atoms. The number of H-pyrrole nitrogens is 1. The average Bonchev–Trinajstić information content (AvgIpc) is 3.69. The van der Waals surface area contributed by atoms with Crippen molar-refractivity contribution >= 4 is 5.65 Å². The number of rotatable bonds is 6. The molecule has 1 unspecified atom stereocenters. The lowest BCUT2D eigenvalue weighted by molar-refractivity contribution is 0.284. The minimum absolute atomic E-state index is 0.209. The summed E-state index contributed by atoms with van der Waals surface area (Å²) >= 11 is 0. The van der Waals surface area contributed by atoms with Gasteiger partial charge in [0.2, 0.25) is 11.8 Å². The van der Waals surface area contributed by atoms with Crippen LogP contribution in [-0.2, 0) is 13.7 Å². The van der Waals surface area contributed by atoms with E-state index in [0.717, 1.165) is 33.5 Å². The van der Waals surface area contributed by atoms with Crippen molar-refractivity contribution in [1.82, 2.24) is 39.6 Å². The minimum atomic E-state index is -0.209. The number of benzene rings is 2. The second-order valence-electron chi connectivity index (χ2n) is 9.35. The highest BCUT2D eigenvalue weighted by atomic mass is 16.5. The molecule has 4 aromatic heterocycles. The molecule has 5 heterocycles. The molecule has 0 saturated carbocycles. The highest BCUT2D eigenvalue weighted by Crippen LogP contribution is 2.48. The summed E-state index contributed by atoms with van der Waals surface area (Å²) in [6.45, 7) is 2.39. The van der Waals surface area contributed by atoms with Gasteiger partial charge in [0, 0.05) is 35.6 Å². The van der Waals surface area contributed by atoms with Crippen LogP contribution in [0.15, 0.2) is 67.3 Å². The molecule has 0 amide bonds. The summed E-state index contributed by atoms with van der Waals surface area (Å²) in [5.74, 6) is 2.74. The van der Waals surface area contributed by atoms with Gasteiger partial charge in [0.05, 0.1) is 24.8 Å². The fourth-order valence-electron chi connectivity index (χ4n) is 4.96. The van der Waals surface area contributed by atoms with Crippen LogP contribution < -0.4 is 14.2 Å². The van der Waals surface area contributed by atoms with Gasteiger partial charge >= 0.3 is 0 Å². The lowest BCUT2D eigenvalue weighted by atomic mass is 9.86. The Morgan fingerprint density at radius 3 is 2.62 bits per heavy atom. The number of methoxy groups -OCH3 is 1. The molecular formula is C28H24N8O3. The Bertz CT molecular complexity index is 1820. The number of para-hydroxylation sites is 2. The van der Waals surface area contributed by atoms with Crippen molar-refractivity contribution in [2.24, 2.45) is 7.05 Å². The molecule has 0 saturated heterocycles. The molecule has 0 bridgehead atoms. The fraction of sp³-hybridized carbons (Fsp3) is 0.179. The zero-order chi connectivity index (χ0) is 26.5. The lowest BCUT2D eigenvalue weighted by Crippen LogP contribution is -2.14. The number of hydrogen-bond acceptors (Lipinski definition) is 8. The average molecular weight is 521 g/mol. The Morgan fingerprint density at radius 1 is 1.03 bits per heavy atom. The number of nitrogens with one attached hydrogen (secondary N) is 1. The van der Waals surface area contributed by atoms with Gasteiger partial charge in [0.25, 0.3) is 0 Å². The smallest absolute Gasteiger partial charge is 0.244 e. The minimum Gasteiger partial charge on any atom is -0.493 e. The molecule has 1 aliphatic rings. The van der Waals surface area contributed by atoms with Gasteiger partial charge in [-0.05, 0) is 24.6 Å². The van der Waals surface area contributed by atoms with Crippen LogP contribution in [0.4, 0.5) is 0 Å². The molecule has 0 fully saturated rings. The van der Waals surface area contributed by atoms with Gasteiger partial charge in [0.1, 0.15) is 12.9 Å². The van der Waals surface area contributed by atoms with Crippen LogP contribution in [-0.4, -0.2) is 46.7 Å². The summed E-state index contributed by atoms with van der Waals surface area (Å²) in [7, 11) is 3.53. The third kappa shape index (κ3) is 3.86. The number of aromatic nitrogens is 8. The quantitative estimate of drug-likeness (QED) is 0.342. The van der Waals surface area contributed by atoms with E-state index >= 15 is 0 Å². The number of aromatic amines is 1. The molecule has 1 atom stereocenters. The van der Waals surface area contributed by atoms with Gasteiger partial charge in [-0.1, -0.05) is 36.4 Å². The Hall–Kier alpha value is -5.19. The zero-order valence-electron chi connectivity index (χ0n) is 21.5. The predicted octanol–water partition coefficient (Wildman–Crippen LogP) is 4.43. The van der Waals surface area contributed by atoms with Gasteiger partial charge in [-0.25, -0.2) is 14.5 Å². The van der Waals surface area contributed by atoms with Crippen molar-refractivity contribution in [3.63, 3.8) is 0 Å². The first-order valence-electron chi connectivity index (χ1n) is 12.4. The van der Waals surface area contributed by atoms with Crippen molar-refractivity contribution in [2.45, 2.75) is 19.4 Å². The summed E-state index contributed by atoms with van der Waals surface area (Å²) < 4.78 is 20.9. The zero-order valence-corrected chi connectivity index (χ0v) is 21.5. The summed E-state index contributed by atoms with van der Waals surface area (Å²) in [6.07, 6.45) is 5.45. The molecule has 0 radical (unpaired) electrons. The highest BCUT2D eigenvalue weighted by molar-refractivity contribution is 5.68. The molecule has 11 heteroatoms. The van der Waals surface area contributed by atoms with Crippen LogP contribution in [0.25, 0.3) is 17.0 Å². The standard InChI is InChI=1S/C28H24N8O3/c1-16-22-23(19-12-30-35(2)13-19)24-26-31-25(34-36(26)15-29-27(24)39-28(22)33-32-16)18-10-8-17(9-11-18)14-38-21-7-5-4-6-20(21)37-3/h4-13,15,23H,14H2,1-3H3,(H,32,33). The molecular weight excluding hydrogens is 496 g/mol. The third-order valence-electron chi connectivity index (χ3n) is 6.85. The SMILES string of the molecule is COc1ccccc1OCc1ccc(-c2nc3c4c(ncn3n2)Oc2n[nH]c(C)c2C4c2cnn(C)c2)cc1. The molecule has 1 N–H and O–H groups in total. The normalized spacial score (nSPS) is 14.1. The van der Waals surface area contributed by atoms with Gasteiger partial charge in [-0.15, -0.1) is 10.2 Å². The summed E-state index contributed by atoms with van der Waals surface area (Å²) in [6, 6.07) is 15.6. The second-order valence-corrected chi connectivity index (χ2v) is 9.35. The van der Waals surface area contributed by atoms with Crippen LogP contribution in [0.1, 0.15) is 33.9 Å². The Balaban J connectivity index is 1.23. The van der Waals surface area contributed by atoms with E-state index in [1.165, 1.54) is 0 Å². The van der Waals surface area contributed by atoms with E-state index in [9.17, 15) is 0 Å². The van der Waals surface area contributed by atoms with E-state index in [-0.39, 0.29) is 5.92 Å². The maximum Gasteiger partial charge on any atom is 0.244 e. The Labute approximate surface area is 223 Å². The van der Waals surface area contributed by atoms with Crippen molar-refractivity contribution in [3.05, 3.63) is 95.2 Å². The van der Waals surface area contributed by atoms with Crippen LogP contribution in [0.5, 0.6) is 23.3 Å². The number of nitrogens with zero attached hydrogens (tertiary/aromatic N) is 7. The van der Waals surface area contributed by atoms with Gasteiger partial charge in [-0.3, -0.25) is 9.78 Å². The Morgan fingerprint density at radius 2 is 1.85 bits per heavy atom. The highest BCUT2D eigenvalue weighted by Gasteiger charge is 2.37. The molecule has 39 heavy (non-hydrogen) atoms. The van der Waals surface area contributed by atoms with E-state index in [0.29, 0.717) is 41.3 Å². The van der Waals surface area contributed by atoms with Gasteiger partial charge in [-0.2, -0.15) is 5.10 Å². The molecule has 1 aliphatic heterocycles. The number of hydrogen-bond donors (Lipinski definition) is 1. The maximum absolute atomic E-state index is 6.09. The molecule has 0 aliphatic carbocycles. The first kappa shape index (κ1) is 23.0. The summed E-state index contributed by atoms with van der Waals surface area (Å²) in [5, 5.41) is 16.5. The van der Waals surface area contributed by atoms with E-state index < -0.39 is 0 Å². The summed E-state index contributed by atoms with van der Waals surface area (Å²) in [5.41, 5.74) is 6.23. The molecule has 6 aromatic rings. The first-order chi connectivity index (χ1) is 19.1. The Kier molecular flexibility index (Phi) is 5.29. The molecule has 7 rings (SSSR count). The van der Waals surface area contributed by atoms with Crippen LogP contribution in [0.2, 0.25) is 0 Å². The van der Waals surface area contributed by atoms with Crippen molar-refractivity contribution < 1.29 is 14.2 Å².